The van der Waals surface area contributed by atoms with Gasteiger partial charge in [-0.05, 0) is 35.6 Å². The van der Waals surface area contributed by atoms with Crippen LogP contribution < -0.4 is 5.32 Å². The van der Waals surface area contributed by atoms with Crippen molar-refractivity contribution in [3.05, 3.63) is 34.9 Å². The van der Waals surface area contributed by atoms with E-state index in [2.05, 4.69) is 12.2 Å². The summed E-state index contributed by atoms with van der Waals surface area (Å²) in [6, 6.07) is 4.17. The third-order valence-corrected chi connectivity index (χ3v) is 4.18. The van der Waals surface area contributed by atoms with Crippen LogP contribution >= 0.6 is 0 Å². The van der Waals surface area contributed by atoms with E-state index in [0.29, 0.717) is 12.5 Å². The van der Waals surface area contributed by atoms with E-state index in [1.54, 1.807) is 6.07 Å². The molecule has 1 saturated carbocycles. The maximum absolute atomic E-state index is 12.7. The number of fused-ring (bicyclic) bond motifs is 2. The maximum Gasteiger partial charge on any atom is 0.416 e. The van der Waals surface area contributed by atoms with Crippen LogP contribution in [0.2, 0.25) is 0 Å². The minimum absolute atomic E-state index is 0.0329. The fourth-order valence-corrected chi connectivity index (χ4v) is 3.00. The van der Waals surface area contributed by atoms with Gasteiger partial charge in [0.05, 0.1) is 5.56 Å². The second kappa shape index (κ2) is 3.25. The number of rotatable bonds is 0. The Bertz CT molecular complexity index is 466. The van der Waals surface area contributed by atoms with Crippen molar-refractivity contribution in [2.45, 2.75) is 31.5 Å². The normalized spacial score (nSPS) is 31.4. The van der Waals surface area contributed by atoms with Crippen LogP contribution in [0.4, 0.5) is 13.2 Å². The summed E-state index contributed by atoms with van der Waals surface area (Å²) in [7, 11) is 0. The molecule has 0 bridgehead atoms. The summed E-state index contributed by atoms with van der Waals surface area (Å²) in [4.78, 5) is 0. The van der Waals surface area contributed by atoms with E-state index in [1.165, 1.54) is 12.1 Å². The molecule has 92 valence electrons. The minimum atomic E-state index is -4.24. The van der Waals surface area contributed by atoms with Crippen LogP contribution in [0.25, 0.3) is 0 Å². The minimum Gasteiger partial charge on any atom is -0.312 e. The topological polar surface area (TPSA) is 12.0 Å². The molecule has 1 spiro atoms. The number of halogens is 3. The van der Waals surface area contributed by atoms with Crippen molar-refractivity contribution in [1.82, 2.24) is 5.32 Å². The molecule has 4 heteroatoms. The molecule has 1 N–H and O–H groups in total. The van der Waals surface area contributed by atoms with E-state index in [0.717, 1.165) is 24.1 Å². The Labute approximate surface area is 98.0 Å². The van der Waals surface area contributed by atoms with E-state index in [-0.39, 0.29) is 5.41 Å². The average Bonchev–Trinajstić information content (AvgIpc) is 2.88. The first-order valence-electron chi connectivity index (χ1n) is 5.85. The van der Waals surface area contributed by atoms with E-state index in [9.17, 15) is 13.2 Å². The highest BCUT2D eigenvalue weighted by atomic mass is 19.4. The zero-order valence-electron chi connectivity index (χ0n) is 9.56. The molecule has 1 fully saturated rings. The van der Waals surface area contributed by atoms with Gasteiger partial charge in [0.2, 0.25) is 0 Å². The van der Waals surface area contributed by atoms with Gasteiger partial charge in [-0.25, -0.2) is 0 Å². The Hall–Kier alpha value is -1.03. The van der Waals surface area contributed by atoms with Crippen LogP contribution in [0.1, 0.15) is 30.0 Å². The van der Waals surface area contributed by atoms with Gasteiger partial charge < -0.3 is 5.32 Å². The predicted molar refractivity (Wildman–Crippen MR) is 58.6 cm³/mol. The molecule has 2 unspecified atom stereocenters. The average molecular weight is 241 g/mol. The van der Waals surface area contributed by atoms with Gasteiger partial charge in [-0.1, -0.05) is 13.0 Å². The number of hydrogen-bond donors (Lipinski definition) is 1. The number of benzene rings is 1. The molecule has 1 heterocycles. The summed E-state index contributed by atoms with van der Waals surface area (Å²) in [5.41, 5.74) is 1.39. The lowest BCUT2D eigenvalue weighted by Crippen LogP contribution is -2.35. The molecule has 17 heavy (non-hydrogen) atoms. The molecule has 1 aliphatic heterocycles. The molecule has 3 rings (SSSR count). The monoisotopic (exact) mass is 241 g/mol. The largest absolute Gasteiger partial charge is 0.416 e. The fourth-order valence-electron chi connectivity index (χ4n) is 3.00. The second-order valence-electron chi connectivity index (χ2n) is 5.23. The summed E-state index contributed by atoms with van der Waals surface area (Å²) < 4.78 is 38.1. The van der Waals surface area contributed by atoms with Crippen molar-refractivity contribution >= 4 is 0 Å². The van der Waals surface area contributed by atoms with Gasteiger partial charge in [0.25, 0.3) is 0 Å². The molecule has 1 aliphatic carbocycles. The Morgan fingerprint density at radius 3 is 2.65 bits per heavy atom. The summed E-state index contributed by atoms with van der Waals surface area (Å²) in [5, 5.41) is 3.30. The third kappa shape index (κ3) is 1.58. The SMILES string of the molecule is CC1CC12CNCc1ccc(C(F)(F)F)cc12. The number of hydrogen-bond acceptors (Lipinski definition) is 1. The van der Waals surface area contributed by atoms with E-state index >= 15 is 0 Å². The van der Waals surface area contributed by atoms with Crippen LogP contribution in [-0.2, 0) is 18.1 Å². The van der Waals surface area contributed by atoms with Crippen LogP contribution in [-0.4, -0.2) is 6.54 Å². The molecule has 0 aromatic heterocycles. The molecule has 1 aromatic rings. The van der Waals surface area contributed by atoms with Crippen molar-refractivity contribution in [3.63, 3.8) is 0 Å². The molecule has 1 nitrogen and oxygen atoms in total. The van der Waals surface area contributed by atoms with Gasteiger partial charge in [0, 0.05) is 18.5 Å². The zero-order chi connectivity index (χ0) is 12.3. The van der Waals surface area contributed by atoms with Crippen LogP contribution in [0.5, 0.6) is 0 Å². The molecule has 2 aliphatic rings. The van der Waals surface area contributed by atoms with Gasteiger partial charge in [-0.15, -0.1) is 0 Å². The molecule has 0 saturated heterocycles. The van der Waals surface area contributed by atoms with Crippen molar-refractivity contribution in [2.75, 3.05) is 6.54 Å². The summed E-state index contributed by atoms with van der Waals surface area (Å²) in [5.74, 6) is 0.484. The van der Waals surface area contributed by atoms with Gasteiger partial charge in [0.1, 0.15) is 0 Å². The van der Waals surface area contributed by atoms with Gasteiger partial charge in [-0.3, -0.25) is 0 Å². The molecule has 1 aromatic carbocycles. The Balaban J connectivity index is 2.09. The van der Waals surface area contributed by atoms with E-state index in [4.69, 9.17) is 0 Å². The first-order valence-corrected chi connectivity index (χ1v) is 5.85. The van der Waals surface area contributed by atoms with E-state index < -0.39 is 11.7 Å². The predicted octanol–water partition coefficient (Wildman–Crippen LogP) is 3.09. The highest BCUT2D eigenvalue weighted by molar-refractivity contribution is 5.45. The van der Waals surface area contributed by atoms with Crippen LogP contribution in [0.15, 0.2) is 18.2 Å². The van der Waals surface area contributed by atoms with Crippen LogP contribution in [0, 0.1) is 5.92 Å². The van der Waals surface area contributed by atoms with Crippen molar-refractivity contribution in [2.24, 2.45) is 5.92 Å². The standard InChI is InChI=1S/C13H14F3N/c1-8-5-12(8)7-17-6-9-2-3-10(4-11(9)12)13(14,15)16/h2-4,8,17H,5-7H2,1H3. The maximum atomic E-state index is 12.7. The lowest BCUT2D eigenvalue weighted by Gasteiger charge is -2.28. The third-order valence-electron chi connectivity index (χ3n) is 4.18. The summed E-state index contributed by atoms with van der Waals surface area (Å²) >= 11 is 0. The van der Waals surface area contributed by atoms with E-state index in [1.807, 2.05) is 0 Å². The Morgan fingerprint density at radius 2 is 2.06 bits per heavy atom. The molecule has 0 amide bonds. The van der Waals surface area contributed by atoms with Crippen molar-refractivity contribution in [1.29, 1.82) is 0 Å². The highest BCUT2D eigenvalue weighted by Gasteiger charge is 2.54. The van der Waals surface area contributed by atoms with Crippen LogP contribution in [0.3, 0.4) is 0 Å². The van der Waals surface area contributed by atoms with Crippen molar-refractivity contribution < 1.29 is 13.2 Å². The lowest BCUT2D eigenvalue weighted by atomic mass is 9.85. The first-order chi connectivity index (χ1) is 7.93. The second-order valence-corrected chi connectivity index (χ2v) is 5.23. The number of alkyl halides is 3. The Morgan fingerprint density at radius 1 is 1.35 bits per heavy atom. The lowest BCUT2D eigenvalue weighted by molar-refractivity contribution is -0.137. The molecule has 0 radical (unpaired) electrons. The summed E-state index contributed by atoms with van der Waals surface area (Å²) in [6.07, 6.45) is -3.24. The number of nitrogens with one attached hydrogen (secondary N) is 1. The summed E-state index contributed by atoms with van der Waals surface area (Å²) in [6.45, 7) is 3.60. The fraction of sp³-hybridized carbons (Fsp3) is 0.538. The highest BCUT2D eigenvalue weighted by Crippen LogP contribution is 2.56. The zero-order valence-corrected chi connectivity index (χ0v) is 9.56. The molecular weight excluding hydrogens is 227 g/mol. The first kappa shape index (κ1) is 11.1. The van der Waals surface area contributed by atoms with Gasteiger partial charge in [-0.2, -0.15) is 13.2 Å². The van der Waals surface area contributed by atoms with Crippen molar-refractivity contribution in [3.8, 4) is 0 Å². The van der Waals surface area contributed by atoms with Gasteiger partial charge in [0.15, 0.2) is 0 Å². The quantitative estimate of drug-likeness (QED) is 0.736. The van der Waals surface area contributed by atoms with Gasteiger partial charge >= 0.3 is 6.18 Å². The smallest absolute Gasteiger partial charge is 0.312 e. The molecule has 2 atom stereocenters. The molecular formula is C13H14F3N. The Kier molecular flexibility index (Phi) is 2.12.